The van der Waals surface area contributed by atoms with Gasteiger partial charge in [-0.2, -0.15) is 0 Å². The summed E-state index contributed by atoms with van der Waals surface area (Å²) in [7, 11) is 1.59. The lowest BCUT2D eigenvalue weighted by Gasteiger charge is -2.24. The number of carboxylic acid groups (broad SMARTS) is 1. The van der Waals surface area contributed by atoms with Crippen molar-refractivity contribution in [2.24, 2.45) is 0 Å². The Kier molecular flexibility index (Phi) is 5.16. The zero-order chi connectivity index (χ0) is 15.2. The molecular weight excluding hydrogens is 272 g/mol. The van der Waals surface area contributed by atoms with Gasteiger partial charge in [0.05, 0.1) is 12.5 Å². The van der Waals surface area contributed by atoms with Crippen LogP contribution in [0.4, 0.5) is 4.79 Å². The molecule has 2 unspecified atom stereocenters. The van der Waals surface area contributed by atoms with Gasteiger partial charge in [0.1, 0.15) is 6.10 Å². The molecule has 6 nitrogen and oxygen atoms in total. The number of urea groups is 1. The highest BCUT2D eigenvalue weighted by Crippen LogP contribution is 2.28. The molecule has 0 aliphatic carbocycles. The van der Waals surface area contributed by atoms with Crippen molar-refractivity contribution in [2.75, 3.05) is 20.2 Å². The number of carbonyl (C=O) groups is 2. The SMILES string of the molecule is CN(CCC(=O)O)C(=O)NC1CCOC1c1ccccc1. The molecule has 2 N–H and O–H groups in total. The fourth-order valence-corrected chi connectivity index (χ4v) is 2.34. The number of nitrogens with one attached hydrogen (secondary N) is 1. The van der Waals surface area contributed by atoms with Crippen molar-refractivity contribution < 1.29 is 19.4 Å². The summed E-state index contributed by atoms with van der Waals surface area (Å²) in [5, 5.41) is 11.6. The van der Waals surface area contributed by atoms with Crippen molar-refractivity contribution in [3.8, 4) is 0 Å². The second-order valence-corrected chi connectivity index (χ2v) is 5.11. The van der Waals surface area contributed by atoms with Crippen LogP contribution < -0.4 is 5.32 Å². The third-order valence-electron chi connectivity index (χ3n) is 3.54. The quantitative estimate of drug-likeness (QED) is 0.864. The van der Waals surface area contributed by atoms with Crippen LogP contribution in [0.2, 0.25) is 0 Å². The highest BCUT2D eigenvalue weighted by atomic mass is 16.5. The summed E-state index contributed by atoms with van der Waals surface area (Å²) in [6.45, 7) is 0.786. The lowest BCUT2D eigenvalue weighted by molar-refractivity contribution is -0.137. The molecule has 114 valence electrons. The van der Waals surface area contributed by atoms with Crippen LogP contribution in [-0.2, 0) is 9.53 Å². The maximum atomic E-state index is 12.1. The third kappa shape index (κ3) is 4.19. The number of carbonyl (C=O) groups excluding carboxylic acids is 1. The van der Waals surface area contributed by atoms with Gasteiger partial charge in [-0.3, -0.25) is 4.79 Å². The number of hydrogen-bond donors (Lipinski definition) is 2. The van der Waals surface area contributed by atoms with Gasteiger partial charge in [0.15, 0.2) is 0 Å². The number of hydrogen-bond acceptors (Lipinski definition) is 3. The summed E-state index contributed by atoms with van der Waals surface area (Å²) in [6.07, 6.45) is 0.536. The van der Waals surface area contributed by atoms with E-state index in [0.717, 1.165) is 12.0 Å². The molecule has 1 aliphatic rings. The molecule has 0 radical (unpaired) electrons. The normalized spacial score (nSPS) is 21.0. The molecule has 1 saturated heterocycles. The monoisotopic (exact) mass is 292 g/mol. The number of aliphatic carboxylic acids is 1. The van der Waals surface area contributed by atoms with Gasteiger partial charge >= 0.3 is 12.0 Å². The molecule has 6 heteroatoms. The summed E-state index contributed by atoms with van der Waals surface area (Å²) in [5.41, 5.74) is 1.04. The Morgan fingerprint density at radius 2 is 2.10 bits per heavy atom. The number of rotatable bonds is 5. The molecule has 1 aliphatic heterocycles. The zero-order valence-corrected chi connectivity index (χ0v) is 12.0. The minimum atomic E-state index is -0.916. The molecule has 1 heterocycles. The van der Waals surface area contributed by atoms with Crippen LogP contribution in [0.1, 0.15) is 24.5 Å². The van der Waals surface area contributed by atoms with Gasteiger partial charge in [-0.05, 0) is 12.0 Å². The summed E-state index contributed by atoms with van der Waals surface area (Å²) < 4.78 is 5.70. The van der Waals surface area contributed by atoms with Crippen molar-refractivity contribution in [3.63, 3.8) is 0 Å². The molecule has 2 rings (SSSR count). The Hall–Kier alpha value is -2.08. The Morgan fingerprint density at radius 1 is 1.38 bits per heavy atom. The molecule has 1 aromatic carbocycles. The average molecular weight is 292 g/mol. The number of ether oxygens (including phenoxy) is 1. The summed E-state index contributed by atoms with van der Waals surface area (Å²) in [5.74, 6) is -0.916. The van der Waals surface area contributed by atoms with E-state index >= 15 is 0 Å². The third-order valence-corrected chi connectivity index (χ3v) is 3.54. The standard InChI is InChI=1S/C15H20N2O4/c1-17(9-7-13(18)19)15(20)16-12-8-10-21-14(12)11-5-3-2-4-6-11/h2-6,12,14H,7-10H2,1H3,(H,16,20)(H,18,19). The van der Waals surface area contributed by atoms with E-state index in [-0.39, 0.29) is 31.1 Å². The first-order valence-corrected chi connectivity index (χ1v) is 6.98. The molecule has 0 saturated carbocycles. The number of carboxylic acids is 1. The van der Waals surface area contributed by atoms with E-state index in [1.54, 1.807) is 7.05 Å². The fourth-order valence-electron chi connectivity index (χ4n) is 2.34. The van der Waals surface area contributed by atoms with E-state index in [4.69, 9.17) is 9.84 Å². The van der Waals surface area contributed by atoms with Gasteiger partial charge in [0, 0.05) is 20.2 Å². The molecule has 2 atom stereocenters. The number of amides is 2. The molecule has 1 fully saturated rings. The Labute approximate surface area is 123 Å². The van der Waals surface area contributed by atoms with Gasteiger partial charge in [-0.15, -0.1) is 0 Å². The van der Waals surface area contributed by atoms with Crippen LogP contribution >= 0.6 is 0 Å². The van der Waals surface area contributed by atoms with Gasteiger partial charge in [0.2, 0.25) is 0 Å². The van der Waals surface area contributed by atoms with Crippen LogP contribution in [0.5, 0.6) is 0 Å². The molecule has 2 amide bonds. The molecular formula is C15H20N2O4. The number of nitrogens with zero attached hydrogens (tertiary/aromatic N) is 1. The Bertz CT molecular complexity index is 492. The first-order chi connectivity index (χ1) is 10.1. The highest BCUT2D eigenvalue weighted by Gasteiger charge is 2.31. The van der Waals surface area contributed by atoms with Crippen LogP contribution in [0.25, 0.3) is 0 Å². The van der Waals surface area contributed by atoms with Crippen LogP contribution in [-0.4, -0.2) is 48.2 Å². The molecule has 1 aromatic rings. The van der Waals surface area contributed by atoms with Crippen molar-refractivity contribution in [1.29, 1.82) is 0 Å². The second-order valence-electron chi connectivity index (χ2n) is 5.11. The van der Waals surface area contributed by atoms with Gasteiger partial charge < -0.3 is 20.1 Å². The van der Waals surface area contributed by atoms with Gasteiger partial charge in [-0.1, -0.05) is 30.3 Å². The topological polar surface area (TPSA) is 78.9 Å². The maximum absolute atomic E-state index is 12.1. The predicted molar refractivity (Wildman–Crippen MR) is 77.0 cm³/mol. The van der Waals surface area contributed by atoms with Crippen molar-refractivity contribution in [3.05, 3.63) is 35.9 Å². The average Bonchev–Trinajstić information content (AvgIpc) is 2.93. The Balaban J connectivity index is 1.92. The number of benzene rings is 1. The van der Waals surface area contributed by atoms with Gasteiger partial charge in [-0.25, -0.2) is 4.79 Å². The largest absolute Gasteiger partial charge is 0.481 e. The highest BCUT2D eigenvalue weighted by molar-refractivity contribution is 5.75. The summed E-state index contributed by atoms with van der Waals surface area (Å²) in [6, 6.07) is 9.40. The van der Waals surface area contributed by atoms with Crippen molar-refractivity contribution in [2.45, 2.75) is 25.0 Å². The molecule has 0 aromatic heterocycles. The van der Waals surface area contributed by atoms with E-state index in [0.29, 0.717) is 6.61 Å². The van der Waals surface area contributed by atoms with Crippen molar-refractivity contribution in [1.82, 2.24) is 10.2 Å². The van der Waals surface area contributed by atoms with E-state index in [1.807, 2.05) is 30.3 Å². The van der Waals surface area contributed by atoms with Crippen molar-refractivity contribution >= 4 is 12.0 Å². The minimum absolute atomic E-state index is 0.0623. The van der Waals surface area contributed by atoms with E-state index in [1.165, 1.54) is 4.90 Å². The van der Waals surface area contributed by atoms with Crippen LogP contribution in [0.15, 0.2) is 30.3 Å². The molecule has 0 bridgehead atoms. The van der Waals surface area contributed by atoms with Crippen LogP contribution in [0.3, 0.4) is 0 Å². The van der Waals surface area contributed by atoms with E-state index in [2.05, 4.69) is 5.32 Å². The summed E-state index contributed by atoms with van der Waals surface area (Å²) in [4.78, 5) is 24.0. The minimum Gasteiger partial charge on any atom is -0.481 e. The lowest BCUT2D eigenvalue weighted by atomic mass is 10.0. The Morgan fingerprint density at radius 3 is 2.76 bits per heavy atom. The summed E-state index contributed by atoms with van der Waals surface area (Å²) >= 11 is 0. The first kappa shape index (κ1) is 15.3. The smallest absolute Gasteiger partial charge is 0.317 e. The van der Waals surface area contributed by atoms with Crippen LogP contribution in [0, 0.1) is 0 Å². The zero-order valence-electron chi connectivity index (χ0n) is 12.0. The first-order valence-electron chi connectivity index (χ1n) is 6.98. The second kappa shape index (κ2) is 7.08. The van der Waals surface area contributed by atoms with E-state index in [9.17, 15) is 9.59 Å². The van der Waals surface area contributed by atoms with Gasteiger partial charge in [0.25, 0.3) is 0 Å². The van der Waals surface area contributed by atoms with E-state index < -0.39 is 5.97 Å². The molecule has 0 spiro atoms. The predicted octanol–water partition coefficient (Wildman–Crippen LogP) is 1.63. The molecule has 21 heavy (non-hydrogen) atoms. The maximum Gasteiger partial charge on any atom is 0.317 e. The fraction of sp³-hybridized carbons (Fsp3) is 0.467. The lowest BCUT2D eigenvalue weighted by Crippen LogP contribution is -2.44.